The summed E-state index contributed by atoms with van der Waals surface area (Å²) in [6, 6.07) is 0. The Morgan fingerprint density at radius 2 is 1.47 bits per heavy atom. The van der Waals surface area contributed by atoms with E-state index in [1.165, 1.54) is 0 Å². The van der Waals surface area contributed by atoms with E-state index >= 15 is 0 Å². The zero-order valence-electron chi connectivity index (χ0n) is 9.08. The van der Waals surface area contributed by atoms with Crippen molar-refractivity contribution in [3.8, 4) is 0 Å². The van der Waals surface area contributed by atoms with Gasteiger partial charge in [-0.3, -0.25) is 0 Å². The van der Waals surface area contributed by atoms with Gasteiger partial charge in [-0.25, -0.2) is 0 Å². The Morgan fingerprint density at radius 1 is 1.00 bits per heavy atom. The van der Waals surface area contributed by atoms with Crippen molar-refractivity contribution in [1.29, 1.82) is 0 Å². The molecule has 2 unspecified atom stereocenters. The van der Waals surface area contributed by atoms with Gasteiger partial charge < -0.3 is 20.1 Å². The fourth-order valence-electron chi connectivity index (χ4n) is 1.44. The van der Waals surface area contributed by atoms with E-state index in [9.17, 15) is 10.2 Å². The summed E-state index contributed by atoms with van der Waals surface area (Å²) in [4.78, 5) is 0. The van der Waals surface area contributed by atoms with Crippen LogP contribution in [0, 0.1) is 138 Å². The first-order chi connectivity index (χ1) is 5.57. The Bertz CT molecular complexity index is 156. The summed E-state index contributed by atoms with van der Waals surface area (Å²) in [6.07, 6.45) is -2.54. The Labute approximate surface area is 198 Å². The van der Waals surface area contributed by atoms with Gasteiger partial charge in [0.1, 0.15) is 12.2 Å². The molecule has 3 radical (unpaired) electrons. The van der Waals surface area contributed by atoms with Gasteiger partial charge in [-0.1, -0.05) is 6.92 Å². The summed E-state index contributed by atoms with van der Waals surface area (Å²) < 4.78 is 5.27. The van der Waals surface area contributed by atoms with Crippen LogP contribution in [0.25, 0.3) is 0 Å². The van der Waals surface area contributed by atoms with Crippen LogP contribution in [-0.2, 0) is 4.74 Å². The zero-order chi connectivity index (χ0) is 9.30. The Kier molecular flexibility index (Phi) is 19.3. The zero-order valence-corrected chi connectivity index (χ0v) is 23.3. The molecule has 3 N–H and O–H groups in total. The summed E-state index contributed by atoms with van der Waals surface area (Å²) in [7, 11) is 0. The van der Waals surface area contributed by atoms with Gasteiger partial charge in [0, 0.05) is 138 Å². The molecule has 1 aliphatic heterocycles. The molecule has 5 atom stereocenters. The maximum atomic E-state index is 9.48. The minimum atomic E-state index is -0.971. The minimum Gasteiger partial charge on any atom is -0.394 e. The third kappa shape index (κ3) is 6.93. The number of aliphatic hydroxyl groups excluding tert-OH is 3. The van der Waals surface area contributed by atoms with Crippen molar-refractivity contribution in [2.75, 3.05) is 6.61 Å². The van der Waals surface area contributed by atoms with Gasteiger partial charge in [-0.05, 0) is 6.92 Å². The smallest absolute Gasteiger partial charge is 0.109 e. The predicted molar refractivity (Wildman–Crippen MR) is 42.6 cm³/mol. The average molecular weight is 857 g/mol. The maximum Gasteiger partial charge on any atom is 0.109 e. The van der Waals surface area contributed by atoms with Crippen LogP contribution in [0.1, 0.15) is 13.8 Å². The van der Waals surface area contributed by atoms with Crippen molar-refractivity contribution in [3.05, 3.63) is 0 Å². The van der Waals surface area contributed by atoms with E-state index in [2.05, 4.69) is 0 Å². The summed E-state index contributed by atoms with van der Waals surface area (Å²) in [5, 5.41) is 27.7. The van der Waals surface area contributed by atoms with Gasteiger partial charge in [-0.15, -0.1) is 0 Å². The van der Waals surface area contributed by atoms with Gasteiger partial charge >= 0.3 is 0 Å². The van der Waals surface area contributed by atoms with Crippen LogP contribution in [0.4, 0.5) is 0 Å². The topological polar surface area (TPSA) is 69.9 Å². The van der Waals surface area contributed by atoms with Gasteiger partial charge in [0.05, 0.1) is 18.8 Å². The van der Waals surface area contributed by atoms with Crippen molar-refractivity contribution >= 4 is 0 Å². The number of ether oxygens (including phenoxy) is 1. The molecule has 1 saturated heterocycles. The summed E-state index contributed by atoms with van der Waals surface area (Å²) in [6.45, 7) is 3.38. The Balaban J connectivity index is -0.000000480. The van der Waals surface area contributed by atoms with E-state index < -0.39 is 18.3 Å². The first-order valence-corrected chi connectivity index (χ1v) is 4.20. The molecular weight excluding hydrogens is 841 g/mol. The molecule has 0 bridgehead atoms. The van der Waals surface area contributed by atoms with E-state index in [1.54, 1.807) is 0 Å². The van der Waals surface area contributed by atoms with Crippen LogP contribution in [0.15, 0.2) is 0 Å². The third-order valence-electron chi connectivity index (χ3n) is 2.58. The van der Waals surface area contributed by atoms with E-state index in [0.717, 1.165) is 0 Å². The molecule has 4 nitrogen and oxygen atoms in total. The molecule has 1 rings (SSSR count). The number of hydrogen-bond acceptors (Lipinski definition) is 4. The van der Waals surface area contributed by atoms with Crippen molar-refractivity contribution in [3.63, 3.8) is 0 Å². The molecule has 0 aliphatic carbocycles. The average Bonchev–Trinajstić information content (AvgIpc) is 2.08. The SMILES string of the molecule is C[C@@H]1O[C@H](CO)C(O)C(O)[C@H]1C.[Ac].[Ac].[Ac]. The fourth-order valence-corrected chi connectivity index (χ4v) is 1.44. The molecule has 1 fully saturated rings. The first kappa shape index (κ1) is 24.2. The summed E-state index contributed by atoms with van der Waals surface area (Å²) in [5.41, 5.74) is 0. The van der Waals surface area contributed by atoms with Crippen LogP contribution < -0.4 is 0 Å². The van der Waals surface area contributed by atoms with Crippen molar-refractivity contribution < 1.29 is 152 Å². The monoisotopic (exact) mass is 857 g/mol. The molecule has 0 aromatic heterocycles. The Hall–Kier alpha value is 4.16. The molecule has 81 valence electrons. The van der Waals surface area contributed by atoms with Crippen LogP contribution in [0.3, 0.4) is 0 Å². The van der Waals surface area contributed by atoms with Crippen LogP contribution in [-0.4, -0.2) is 46.3 Å². The molecule has 0 aromatic carbocycles. The van der Waals surface area contributed by atoms with Gasteiger partial charge in [-0.2, -0.15) is 0 Å². The molecular formula is C8H16Ac3O4. The summed E-state index contributed by atoms with van der Waals surface area (Å²) in [5.74, 6) is -0.0946. The maximum absolute atomic E-state index is 9.48. The Morgan fingerprint density at radius 3 is 1.87 bits per heavy atom. The van der Waals surface area contributed by atoms with Crippen LogP contribution in [0.5, 0.6) is 0 Å². The van der Waals surface area contributed by atoms with Crippen molar-refractivity contribution in [2.24, 2.45) is 5.92 Å². The summed E-state index contributed by atoms with van der Waals surface area (Å²) >= 11 is 0. The quantitative estimate of drug-likeness (QED) is 0.321. The second-order valence-electron chi connectivity index (χ2n) is 3.40. The second kappa shape index (κ2) is 11.9. The van der Waals surface area contributed by atoms with Gasteiger partial charge in [0.2, 0.25) is 0 Å². The fraction of sp³-hybridized carbons (Fsp3) is 1.00. The standard InChI is InChI=1S/C8H16O4.3Ac/c1-4-5(2)12-6(3-9)8(11)7(4)10;;;/h4-11H,3H2,1-2H3;;;/t4-,5-,6+,7?,8?;;;/m0.../s1. The third-order valence-corrected chi connectivity index (χ3v) is 2.58. The molecule has 0 saturated carbocycles. The molecule has 0 amide bonds. The molecule has 7 heteroatoms. The van der Waals surface area contributed by atoms with E-state index in [1.807, 2.05) is 13.8 Å². The molecule has 15 heavy (non-hydrogen) atoms. The normalized spacial score (nSPS) is 39.4. The van der Waals surface area contributed by atoms with Gasteiger partial charge in [0.25, 0.3) is 0 Å². The number of hydrogen-bond donors (Lipinski definition) is 3. The molecule has 1 aliphatic rings. The second-order valence-corrected chi connectivity index (χ2v) is 3.40. The molecule has 0 aromatic rings. The first-order valence-electron chi connectivity index (χ1n) is 4.20. The largest absolute Gasteiger partial charge is 0.394 e. The van der Waals surface area contributed by atoms with E-state index in [0.29, 0.717) is 0 Å². The van der Waals surface area contributed by atoms with E-state index in [-0.39, 0.29) is 151 Å². The van der Waals surface area contributed by atoms with Crippen molar-refractivity contribution in [1.82, 2.24) is 0 Å². The molecule has 1 heterocycles. The van der Waals surface area contributed by atoms with Crippen LogP contribution in [0.2, 0.25) is 0 Å². The minimum absolute atomic E-state index is 0. The number of aliphatic hydroxyl groups is 3. The van der Waals surface area contributed by atoms with Crippen LogP contribution >= 0.6 is 0 Å². The predicted octanol–water partition coefficient (Wildman–Crippen LogP) is -0.876. The van der Waals surface area contributed by atoms with Crippen molar-refractivity contribution in [2.45, 2.75) is 38.3 Å². The van der Waals surface area contributed by atoms with E-state index in [4.69, 9.17) is 9.84 Å². The number of rotatable bonds is 1. The molecule has 0 spiro atoms. The van der Waals surface area contributed by atoms with Gasteiger partial charge in [0.15, 0.2) is 0 Å².